The van der Waals surface area contributed by atoms with Crippen molar-refractivity contribution in [3.05, 3.63) is 39.7 Å². The van der Waals surface area contributed by atoms with E-state index in [1.165, 1.54) is 19.1 Å². The van der Waals surface area contributed by atoms with Gasteiger partial charge in [0.15, 0.2) is 11.6 Å². The first-order valence-electron chi connectivity index (χ1n) is 5.85. The summed E-state index contributed by atoms with van der Waals surface area (Å²) in [6, 6.07) is 3.45. The lowest BCUT2D eigenvalue weighted by Crippen LogP contribution is -2.02. The van der Waals surface area contributed by atoms with E-state index in [4.69, 9.17) is 10.5 Å². The van der Waals surface area contributed by atoms with E-state index in [0.29, 0.717) is 5.82 Å². The summed E-state index contributed by atoms with van der Waals surface area (Å²) < 4.78 is 19.1. The van der Waals surface area contributed by atoms with Crippen LogP contribution in [0.3, 0.4) is 0 Å². The van der Waals surface area contributed by atoms with Crippen LogP contribution in [0, 0.1) is 22.9 Å². The number of aromatic nitrogens is 2. The van der Waals surface area contributed by atoms with Crippen molar-refractivity contribution < 1.29 is 14.1 Å². The summed E-state index contributed by atoms with van der Waals surface area (Å²) in [4.78, 5) is 17.7. The Morgan fingerprint density at radius 3 is 2.71 bits per heavy atom. The minimum absolute atomic E-state index is 0.0269. The number of hydrogen-bond donors (Lipinski definition) is 2. The molecule has 0 atom stereocenters. The number of nitro groups is 1. The highest BCUT2D eigenvalue weighted by molar-refractivity contribution is 5.48. The molecular formula is C12H12FN5O3. The molecule has 8 nitrogen and oxygen atoms in total. The summed E-state index contributed by atoms with van der Waals surface area (Å²) in [5.41, 5.74) is 5.44. The van der Waals surface area contributed by atoms with E-state index in [1.54, 1.807) is 7.05 Å². The summed E-state index contributed by atoms with van der Waals surface area (Å²) in [5.74, 6) is -0.666. The number of ether oxygens (including phenoxy) is 1. The highest BCUT2D eigenvalue weighted by atomic mass is 19.1. The Morgan fingerprint density at radius 2 is 2.10 bits per heavy atom. The molecule has 0 saturated carbocycles. The summed E-state index contributed by atoms with van der Waals surface area (Å²) in [6.45, 7) is 1.48. The van der Waals surface area contributed by atoms with Gasteiger partial charge in [-0.1, -0.05) is 0 Å². The van der Waals surface area contributed by atoms with Crippen molar-refractivity contribution in [3.63, 3.8) is 0 Å². The van der Waals surface area contributed by atoms with Crippen molar-refractivity contribution in [2.45, 2.75) is 6.92 Å². The lowest BCUT2D eigenvalue weighted by Gasteiger charge is -2.09. The topological polar surface area (TPSA) is 116 Å². The molecule has 1 heterocycles. The number of nitrogen functional groups attached to an aromatic ring is 1. The molecule has 0 amide bonds. The van der Waals surface area contributed by atoms with E-state index in [9.17, 15) is 14.5 Å². The number of anilines is 2. The molecule has 110 valence electrons. The molecule has 0 bridgehead atoms. The van der Waals surface area contributed by atoms with E-state index in [2.05, 4.69) is 15.3 Å². The highest BCUT2D eigenvalue weighted by Crippen LogP contribution is 2.30. The van der Waals surface area contributed by atoms with Crippen molar-refractivity contribution >= 4 is 17.5 Å². The molecule has 2 rings (SSSR count). The fourth-order valence-corrected chi connectivity index (χ4v) is 1.66. The molecule has 0 radical (unpaired) electrons. The number of hydrogen-bond acceptors (Lipinski definition) is 7. The van der Waals surface area contributed by atoms with Crippen LogP contribution in [0.1, 0.15) is 5.56 Å². The smallest absolute Gasteiger partial charge is 0.275 e. The third-order valence-corrected chi connectivity index (χ3v) is 2.64. The fraction of sp³-hybridized carbons (Fsp3) is 0.167. The predicted octanol–water partition coefficient (Wildman–Crippen LogP) is 2.25. The maximum Gasteiger partial charge on any atom is 0.275 e. The van der Waals surface area contributed by atoms with Gasteiger partial charge < -0.3 is 15.8 Å². The molecule has 0 saturated heterocycles. The summed E-state index contributed by atoms with van der Waals surface area (Å²) in [6.07, 6.45) is 0. The maximum absolute atomic E-state index is 13.8. The minimum Gasteiger partial charge on any atom is -0.436 e. The van der Waals surface area contributed by atoms with Gasteiger partial charge in [0.2, 0.25) is 11.8 Å². The molecule has 0 aliphatic heterocycles. The van der Waals surface area contributed by atoms with Gasteiger partial charge in [0.1, 0.15) is 5.82 Å². The number of halogens is 1. The Bertz CT molecular complexity index is 708. The van der Waals surface area contributed by atoms with Gasteiger partial charge in [-0.3, -0.25) is 10.1 Å². The molecule has 0 aliphatic rings. The van der Waals surface area contributed by atoms with E-state index >= 15 is 0 Å². The van der Waals surface area contributed by atoms with Crippen LogP contribution in [-0.2, 0) is 0 Å². The molecule has 9 heteroatoms. The van der Waals surface area contributed by atoms with E-state index in [0.717, 1.165) is 6.07 Å². The number of aryl methyl sites for hydroxylation is 1. The van der Waals surface area contributed by atoms with Crippen LogP contribution >= 0.6 is 0 Å². The zero-order valence-electron chi connectivity index (χ0n) is 11.3. The zero-order valence-corrected chi connectivity index (χ0v) is 11.3. The molecule has 0 fully saturated rings. The summed E-state index contributed by atoms with van der Waals surface area (Å²) in [5, 5.41) is 13.5. The van der Waals surface area contributed by atoms with Crippen LogP contribution in [0.2, 0.25) is 0 Å². The van der Waals surface area contributed by atoms with Crippen molar-refractivity contribution in [1.82, 2.24) is 9.97 Å². The van der Waals surface area contributed by atoms with Crippen molar-refractivity contribution in [2.24, 2.45) is 0 Å². The first-order valence-corrected chi connectivity index (χ1v) is 5.85. The van der Waals surface area contributed by atoms with Gasteiger partial charge in [0.05, 0.1) is 11.0 Å². The number of nitro benzene ring substituents is 1. The minimum atomic E-state index is -0.865. The number of nitrogens with zero attached hydrogens (tertiary/aromatic N) is 3. The van der Waals surface area contributed by atoms with E-state index in [1.807, 2.05) is 0 Å². The first kappa shape index (κ1) is 14.4. The maximum atomic E-state index is 13.8. The van der Waals surface area contributed by atoms with Gasteiger partial charge in [-0.15, -0.1) is 0 Å². The molecule has 2 aromatic rings. The van der Waals surface area contributed by atoms with Crippen molar-refractivity contribution in [1.29, 1.82) is 0 Å². The average Bonchev–Trinajstić information content (AvgIpc) is 2.41. The highest BCUT2D eigenvalue weighted by Gasteiger charge is 2.17. The van der Waals surface area contributed by atoms with Crippen molar-refractivity contribution in [3.8, 4) is 11.6 Å². The van der Waals surface area contributed by atoms with Crippen LogP contribution in [-0.4, -0.2) is 21.9 Å². The summed E-state index contributed by atoms with van der Waals surface area (Å²) >= 11 is 0. The van der Waals surface area contributed by atoms with Gasteiger partial charge >= 0.3 is 0 Å². The number of rotatable bonds is 4. The fourth-order valence-electron chi connectivity index (χ4n) is 1.66. The Balaban J connectivity index is 2.38. The molecular weight excluding hydrogens is 281 g/mol. The quantitative estimate of drug-likeness (QED) is 0.655. The van der Waals surface area contributed by atoms with Gasteiger partial charge in [-0.2, -0.15) is 9.97 Å². The average molecular weight is 293 g/mol. The van der Waals surface area contributed by atoms with Crippen LogP contribution < -0.4 is 15.8 Å². The predicted molar refractivity (Wildman–Crippen MR) is 73.9 cm³/mol. The van der Waals surface area contributed by atoms with E-state index < -0.39 is 10.7 Å². The zero-order chi connectivity index (χ0) is 15.6. The SMILES string of the molecule is CNc1cc(Oc2cc(C)c([N+](=O)[O-])cc2F)nc(N)n1. The normalized spacial score (nSPS) is 10.2. The summed E-state index contributed by atoms with van der Waals surface area (Å²) in [7, 11) is 1.63. The van der Waals surface area contributed by atoms with Gasteiger partial charge in [-0.25, -0.2) is 4.39 Å². The molecule has 0 spiro atoms. The number of nitrogens with two attached hydrogens (primary N) is 1. The van der Waals surface area contributed by atoms with Gasteiger partial charge in [0, 0.05) is 18.7 Å². The second kappa shape index (κ2) is 5.57. The van der Waals surface area contributed by atoms with E-state index in [-0.39, 0.29) is 28.8 Å². The molecule has 1 aromatic carbocycles. The molecule has 0 aliphatic carbocycles. The first-order chi connectivity index (χ1) is 9.90. The molecule has 21 heavy (non-hydrogen) atoms. The standard InChI is InChI=1S/C12H12FN5O3/c1-6-3-9(7(13)4-8(6)18(19)20)21-11-5-10(15-2)16-12(14)17-11/h3-5H,1-2H3,(H3,14,15,16,17). The van der Waals surface area contributed by atoms with Crippen LogP contribution in [0.4, 0.5) is 21.8 Å². The Morgan fingerprint density at radius 1 is 1.38 bits per heavy atom. The Labute approximate surface area is 118 Å². The lowest BCUT2D eigenvalue weighted by molar-refractivity contribution is -0.385. The van der Waals surface area contributed by atoms with Crippen LogP contribution in [0.15, 0.2) is 18.2 Å². The third-order valence-electron chi connectivity index (χ3n) is 2.64. The van der Waals surface area contributed by atoms with Gasteiger partial charge in [-0.05, 0) is 13.0 Å². The monoisotopic (exact) mass is 293 g/mol. The lowest BCUT2D eigenvalue weighted by atomic mass is 10.2. The second-order valence-corrected chi connectivity index (χ2v) is 4.13. The number of benzene rings is 1. The van der Waals surface area contributed by atoms with Crippen LogP contribution in [0.5, 0.6) is 11.6 Å². The largest absolute Gasteiger partial charge is 0.436 e. The second-order valence-electron chi connectivity index (χ2n) is 4.13. The van der Waals surface area contributed by atoms with Gasteiger partial charge in [0.25, 0.3) is 5.69 Å². The van der Waals surface area contributed by atoms with Crippen LogP contribution in [0.25, 0.3) is 0 Å². The molecule has 1 aromatic heterocycles. The van der Waals surface area contributed by atoms with Crippen molar-refractivity contribution in [2.75, 3.05) is 18.1 Å². The Kier molecular flexibility index (Phi) is 3.83. The molecule has 3 N–H and O–H groups in total. The number of nitrogens with one attached hydrogen (secondary N) is 1. The molecule has 0 unspecified atom stereocenters. The third kappa shape index (κ3) is 3.14. The Hall–Kier alpha value is -2.97.